The molecule has 1 aliphatic carbocycles. The fourth-order valence-electron chi connectivity index (χ4n) is 5.55. The van der Waals surface area contributed by atoms with E-state index in [1.165, 1.54) is 0 Å². The Morgan fingerprint density at radius 1 is 0.923 bits per heavy atom. The minimum Gasteiger partial charge on any atom is -0.454 e. The van der Waals surface area contributed by atoms with E-state index in [0.29, 0.717) is 18.5 Å². The van der Waals surface area contributed by atoms with Crippen molar-refractivity contribution >= 4 is 11.7 Å². The van der Waals surface area contributed by atoms with E-state index in [1.807, 2.05) is 48.5 Å². The maximum atomic E-state index is 13.5. The molecule has 0 aromatic heterocycles. The summed E-state index contributed by atoms with van der Waals surface area (Å²) in [6.45, 7) is 7.07. The summed E-state index contributed by atoms with van der Waals surface area (Å²) in [6, 6.07) is 19.8. The summed E-state index contributed by atoms with van der Waals surface area (Å²) in [4.78, 5) is 28.5. The summed E-state index contributed by atoms with van der Waals surface area (Å²) in [5.41, 5.74) is 5.47. The summed E-state index contributed by atoms with van der Waals surface area (Å²) < 4.78 is 16.3. The predicted molar refractivity (Wildman–Crippen MR) is 148 cm³/mol. The first kappa shape index (κ1) is 25.6. The van der Waals surface area contributed by atoms with Crippen LogP contribution in [0.2, 0.25) is 0 Å². The molecule has 1 N–H and O–H groups in total. The Morgan fingerprint density at radius 2 is 1.69 bits per heavy atom. The van der Waals surface area contributed by atoms with Crippen molar-refractivity contribution < 1.29 is 23.8 Å². The number of ether oxygens (including phenoxy) is 3. The quantitative estimate of drug-likeness (QED) is 0.448. The average molecular weight is 527 g/mol. The lowest BCUT2D eigenvalue weighted by Gasteiger charge is -2.26. The third-order valence-corrected chi connectivity index (χ3v) is 8.15. The molecule has 202 valence electrons. The van der Waals surface area contributed by atoms with Crippen LogP contribution in [0.1, 0.15) is 39.9 Å². The summed E-state index contributed by atoms with van der Waals surface area (Å²) >= 11 is 0. The van der Waals surface area contributed by atoms with Crippen molar-refractivity contribution in [3.8, 4) is 22.6 Å². The van der Waals surface area contributed by atoms with Gasteiger partial charge < -0.3 is 19.5 Å². The lowest BCUT2D eigenvalue weighted by atomic mass is 9.87. The van der Waals surface area contributed by atoms with Crippen LogP contribution in [0.4, 0.5) is 0 Å². The number of nitrogens with one attached hydrogen (secondary N) is 1. The molecular formula is C32H34N2O5. The highest BCUT2D eigenvalue weighted by Crippen LogP contribution is 2.51. The lowest BCUT2D eigenvalue weighted by Crippen LogP contribution is -2.41. The highest BCUT2D eigenvalue weighted by atomic mass is 16.7. The van der Waals surface area contributed by atoms with Crippen LogP contribution < -0.4 is 14.8 Å². The number of rotatable bonds is 9. The minimum atomic E-state index is -0.428. The molecule has 0 atom stereocenters. The topological polar surface area (TPSA) is 77.1 Å². The van der Waals surface area contributed by atoms with E-state index >= 15 is 0 Å². The van der Waals surface area contributed by atoms with Crippen molar-refractivity contribution in [1.29, 1.82) is 0 Å². The number of morpholine rings is 1. The molecule has 0 spiro atoms. The molecule has 1 amide bonds. The van der Waals surface area contributed by atoms with Crippen LogP contribution in [0.25, 0.3) is 11.1 Å². The van der Waals surface area contributed by atoms with Gasteiger partial charge in [-0.1, -0.05) is 36.4 Å². The van der Waals surface area contributed by atoms with Gasteiger partial charge in [0.05, 0.1) is 18.6 Å². The summed E-state index contributed by atoms with van der Waals surface area (Å²) in [7, 11) is 0. The fourth-order valence-corrected chi connectivity index (χ4v) is 5.55. The third-order valence-electron chi connectivity index (χ3n) is 8.15. The van der Waals surface area contributed by atoms with Crippen LogP contribution in [-0.4, -0.2) is 62.8 Å². The summed E-state index contributed by atoms with van der Waals surface area (Å²) in [5.74, 6) is 1.63. The van der Waals surface area contributed by atoms with E-state index in [9.17, 15) is 9.59 Å². The largest absolute Gasteiger partial charge is 0.454 e. The van der Waals surface area contributed by atoms with Gasteiger partial charge in [0.15, 0.2) is 11.5 Å². The Bertz CT molecular complexity index is 1370. The van der Waals surface area contributed by atoms with Crippen molar-refractivity contribution in [3.05, 3.63) is 82.9 Å². The van der Waals surface area contributed by atoms with Gasteiger partial charge >= 0.3 is 0 Å². The van der Waals surface area contributed by atoms with Gasteiger partial charge in [0.25, 0.3) is 5.91 Å². The number of ketones is 1. The second kappa shape index (κ2) is 10.8. The number of benzene rings is 3. The highest BCUT2D eigenvalue weighted by Gasteiger charge is 2.50. The Hall–Kier alpha value is -3.68. The van der Waals surface area contributed by atoms with Crippen molar-refractivity contribution in [1.82, 2.24) is 10.2 Å². The second-order valence-electron chi connectivity index (χ2n) is 10.7. The van der Waals surface area contributed by atoms with Crippen LogP contribution in [0.3, 0.4) is 0 Å². The zero-order valence-electron chi connectivity index (χ0n) is 22.3. The van der Waals surface area contributed by atoms with E-state index in [-0.39, 0.29) is 18.5 Å². The van der Waals surface area contributed by atoms with Crippen molar-refractivity contribution in [2.45, 2.75) is 31.6 Å². The molecular weight excluding hydrogens is 492 g/mol. The molecule has 7 heteroatoms. The van der Waals surface area contributed by atoms with Crippen LogP contribution in [-0.2, 0) is 21.4 Å². The zero-order chi connectivity index (χ0) is 26.8. The number of fused-ring (bicyclic) bond motifs is 1. The van der Waals surface area contributed by atoms with Crippen LogP contribution >= 0.6 is 0 Å². The van der Waals surface area contributed by atoms with Gasteiger partial charge in [-0.3, -0.25) is 14.5 Å². The Kier molecular flexibility index (Phi) is 7.11. The number of carbonyl (C=O) groups excluding carboxylic acids is 2. The molecule has 7 nitrogen and oxygen atoms in total. The van der Waals surface area contributed by atoms with Gasteiger partial charge in [0, 0.05) is 38.2 Å². The van der Waals surface area contributed by atoms with E-state index in [0.717, 1.165) is 85.0 Å². The van der Waals surface area contributed by atoms with E-state index in [1.54, 1.807) is 0 Å². The molecule has 2 heterocycles. The van der Waals surface area contributed by atoms with Gasteiger partial charge in [-0.25, -0.2) is 0 Å². The molecule has 1 saturated heterocycles. The zero-order valence-corrected chi connectivity index (χ0v) is 22.3. The highest BCUT2D eigenvalue weighted by molar-refractivity contribution is 5.96. The number of hydrogen-bond acceptors (Lipinski definition) is 6. The van der Waals surface area contributed by atoms with Gasteiger partial charge in [0.1, 0.15) is 5.78 Å². The molecule has 0 unspecified atom stereocenters. The van der Waals surface area contributed by atoms with Gasteiger partial charge in [-0.05, 0) is 71.8 Å². The third kappa shape index (κ3) is 5.42. The van der Waals surface area contributed by atoms with Crippen LogP contribution in [0.5, 0.6) is 11.5 Å². The molecule has 0 radical (unpaired) electrons. The molecule has 0 bridgehead atoms. The van der Waals surface area contributed by atoms with Crippen LogP contribution in [0.15, 0.2) is 60.7 Å². The Morgan fingerprint density at radius 3 is 2.46 bits per heavy atom. The number of nitrogens with zero attached hydrogens (tertiary/aromatic N) is 1. The maximum Gasteiger partial charge on any atom is 0.251 e. The first-order valence-corrected chi connectivity index (χ1v) is 13.7. The van der Waals surface area contributed by atoms with Crippen LogP contribution in [0, 0.1) is 6.92 Å². The van der Waals surface area contributed by atoms with Gasteiger partial charge in [-0.15, -0.1) is 0 Å². The molecule has 3 aromatic rings. The van der Waals surface area contributed by atoms with E-state index in [2.05, 4.69) is 29.3 Å². The summed E-state index contributed by atoms with van der Waals surface area (Å²) in [6.07, 6.45) is 2.10. The summed E-state index contributed by atoms with van der Waals surface area (Å²) in [5, 5.41) is 3.02. The molecule has 2 fully saturated rings. The number of carbonyl (C=O) groups is 2. The number of aryl methyl sites for hydroxylation is 1. The lowest BCUT2D eigenvalue weighted by molar-refractivity contribution is -0.120. The number of amides is 1. The number of hydrogen-bond donors (Lipinski definition) is 1. The monoisotopic (exact) mass is 526 g/mol. The Balaban J connectivity index is 1.11. The Labute approximate surface area is 229 Å². The van der Waals surface area contributed by atoms with E-state index < -0.39 is 5.41 Å². The van der Waals surface area contributed by atoms with Crippen molar-refractivity contribution in [2.75, 3.05) is 46.2 Å². The number of Topliss-reactive ketones (excluding diaryl/α,β-unsaturated/α-hetero) is 1. The average Bonchev–Trinajstić information content (AvgIpc) is 3.65. The second-order valence-corrected chi connectivity index (χ2v) is 10.7. The van der Waals surface area contributed by atoms with E-state index in [4.69, 9.17) is 14.2 Å². The normalized spacial score (nSPS) is 17.6. The SMILES string of the molecule is Cc1ccc(CC(=O)C2(c3ccc4c(c3)OCO4)CC2)cc1-c1ccc(C(=O)NCCN2CCOCC2)cc1. The maximum absolute atomic E-state index is 13.5. The first-order valence-electron chi connectivity index (χ1n) is 13.7. The fraction of sp³-hybridized carbons (Fsp3) is 0.375. The minimum absolute atomic E-state index is 0.0656. The molecule has 3 aromatic carbocycles. The smallest absolute Gasteiger partial charge is 0.251 e. The van der Waals surface area contributed by atoms with Gasteiger partial charge in [-0.2, -0.15) is 0 Å². The molecule has 6 rings (SSSR count). The predicted octanol–water partition coefficient (Wildman–Crippen LogP) is 4.30. The standard InChI is InChI=1S/C32H34N2O5/c1-22-2-3-23(19-30(35)32(10-11-32)26-8-9-28-29(20-26)39-21-38-28)18-27(22)24-4-6-25(7-5-24)31(36)33-12-13-34-14-16-37-17-15-34/h2-9,18,20H,10-17,19,21H2,1H3,(H,33,36). The molecule has 2 aliphatic heterocycles. The first-order chi connectivity index (χ1) is 19.0. The molecule has 3 aliphatic rings. The molecule has 39 heavy (non-hydrogen) atoms. The van der Waals surface area contributed by atoms with Gasteiger partial charge in [0.2, 0.25) is 6.79 Å². The molecule has 1 saturated carbocycles. The van der Waals surface area contributed by atoms with Crippen molar-refractivity contribution in [3.63, 3.8) is 0 Å². The van der Waals surface area contributed by atoms with Crippen molar-refractivity contribution in [2.24, 2.45) is 0 Å².